The Morgan fingerprint density at radius 2 is 1.85 bits per heavy atom. The van der Waals surface area contributed by atoms with Crippen molar-refractivity contribution in [3.05, 3.63) is 76.4 Å². The highest BCUT2D eigenvalue weighted by Gasteiger charge is 2.62. The lowest BCUT2D eigenvalue weighted by Crippen LogP contribution is -2.52. The first-order chi connectivity index (χ1) is 19.2. The zero-order valence-electron chi connectivity index (χ0n) is 22.5. The van der Waals surface area contributed by atoms with E-state index in [9.17, 15) is 26.7 Å². The lowest BCUT2D eigenvalue weighted by atomic mass is 9.59. The molecule has 2 aromatic carbocycles. The average Bonchev–Trinajstić information content (AvgIpc) is 3.46. The number of benzene rings is 2. The lowest BCUT2D eigenvalue weighted by molar-refractivity contribution is -0.151. The van der Waals surface area contributed by atoms with Crippen molar-refractivity contribution in [1.82, 2.24) is 20.1 Å². The molecule has 1 N–H and O–H groups in total. The third-order valence-electron chi connectivity index (χ3n) is 8.92. The molecule has 3 aliphatic rings. The summed E-state index contributed by atoms with van der Waals surface area (Å²) in [6.45, 7) is 1.86. The van der Waals surface area contributed by atoms with Crippen LogP contribution in [-0.4, -0.2) is 32.1 Å². The van der Waals surface area contributed by atoms with E-state index in [1.165, 1.54) is 53.2 Å². The van der Waals surface area contributed by atoms with Gasteiger partial charge in [0.15, 0.2) is 12.0 Å². The number of nitrogens with one attached hydrogen (secondary N) is 1. The molecule has 2 heterocycles. The first-order valence-electron chi connectivity index (χ1n) is 13.5. The average molecular weight is 578 g/mol. The highest BCUT2D eigenvalue weighted by molar-refractivity contribution is 6.10. The van der Waals surface area contributed by atoms with Crippen LogP contribution in [0.4, 0.5) is 32.0 Å². The largest absolute Gasteiger partial charge is 0.416 e. The molecule has 6 nitrogen and oxygen atoms in total. The summed E-state index contributed by atoms with van der Waals surface area (Å²) in [5.41, 5.74) is -2.06. The lowest BCUT2D eigenvalue weighted by Gasteiger charge is -2.49. The molecule has 1 atom stereocenters. The Morgan fingerprint density at radius 1 is 1.12 bits per heavy atom. The van der Waals surface area contributed by atoms with Gasteiger partial charge in [-0.1, -0.05) is 12.1 Å². The van der Waals surface area contributed by atoms with Crippen LogP contribution in [0.15, 0.2) is 42.7 Å². The molecule has 2 aliphatic carbocycles. The smallest absolute Gasteiger partial charge is 0.318 e. The fourth-order valence-corrected chi connectivity index (χ4v) is 6.38. The number of hydrogen-bond acceptors (Lipinski definition) is 4. The molecule has 3 aromatic rings. The molecule has 0 saturated heterocycles. The molecule has 0 spiro atoms. The minimum atomic E-state index is -4.68. The number of rotatable bonds is 7. The predicted molar refractivity (Wildman–Crippen MR) is 138 cm³/mol. The number of alkyl halides is 6. The minimum absolute atomic E-state index is 0.0480. The second kappa shape index (κ2) is 9.30. The maximum atomic E-state index is 15.9. The number of aromatic nitrogens is 3. The Balaban J connectivity index is 1.34. The van der Waals surface area contributed by atoms with Crippen molar-refractivity contribution in [3.8, 4) is 0 Å². The molecule has 0 radical (unpaired) electrons. The van der Waals surface area contributed by atoms with Crippen molar-refractivity contribution in [2.75, 3.05) is 4.90 Å². The third-order valence-corrected chi connectivity index (χ3v) is 8.92. The van der Waals surface area contributed by atoms with Crippen molar-refractivity contribution in [1.29, 1.82) is 0 Å². The highest BCUT2D eigenvalue weighted by Crippen LogP contribution is 2.60. The Kier molecular flexibility index (Phi) is 6.29. The van der Waals surface area contributed by atoms with E-state index in [0.717, 1.165) is 25.3 Å². The Bertz CT molecular complexity index is 1500. The van der Waals surface area contributed by atoms with Gasteiger partial charge in [-0.2, -0.15) is 13.2 Å². The standard InChI is InChI=1S/C29H29F6N5O/c1-26(7-4-8-26)36-12-17-9-20-21(22(10-17)29(33,34)35)13-40(25(20)41)19-6-3-5-18(11-19)27(14-28(31,32)15-27)23(30)24-38-37-16-39(24)2/h3,5-6,9-11,16,23,36H,4,7-8,12-15H2,1-2H3/t23-/m0/s1. The van der Waals surface area contributed by atoms with Crippen LogP contribution in [0.25, 0.3) is 0 Å². The normalized spacial score (nSPS) is 21.3. The number of carbonyl (C=O) groups is 1. The van der Waals surface area contributed by atoms with Crippen LogP contribution in [0.2, 0.25) is 0 Å². The van der Waals surface area contributed by atoms with Gasteiger partial charge in [-0.25, -0.2) is 13.2 Å². The van der Waals surface area contributed by atoms with Gasteiger partial charge < -0.3 is 14.8 Å². The maximum absolute atomic E-state index is 15.9. The van der Waals surface area contributed by atoms with Gasteiger partial charge in [-0.05, 0) is 67.1 Å². The van der Waals surface area contributed by atoms with E-state index in [4.69, 9.17) is 0 Å². The summed E-state index contributed by atoms with van der Waals surface area (Å²) in [7, 11) is 1.51. The highest BCUT2D eigenvalue weighted by atomic mass is 19.4. The van der Waals surface area contributed by atoms with E-state index in [2.05, 4.69) is 15.5 Å². The van der Waals surface area contributed by atoms with Gasteiger partial charge in [0, 0.05) is 48.6 Å². The fraction of sp³-hybridized carbons (Fsp3) is 0.483. The Hall–Kier alpha value is -3.41. The summed E-state index contributed by atoms with van der Waals surface area (Å²) in [4.78, 5) is 14.7. The zero-order chi connectivity index (χ0) is 29.4. The number of aryl methyl sites for hydroxylation is 1. The third kappa shape index (κ3) is 4.69. The van der Waals surface area contributed by atoms with Crippen molar-refractivity contribution in [3.63, 3.8) is 0 Å². The minimum Gasteiger partial charge on any atom is -0.318 e. The van der Waals surface area contributed by atoms with E-state index >= 15 is 4.39 Å². The first-order valence-corrected chi connectivity index (χ1v) is 13.5. The van der Waals surface area contributed by atoms with Crippen LogP contribution >= 0.6 is 0 Å². The SMILES string of the molecule is Cn1cnnc1[C@H](F)C1(c2cccc(N3Cc4c(cc(CNC5(C)CCC5)cc4C(F)(F)F)C3=O)c2)CC(F)(F)C1. The Morgan fingerprint density at radius 3 is 2.44 bits per heavy atom. The monoisotopic (exact) mass is 577 g/mol. The molecule has 41 heavy (non-hydrogen) atoms. The summed E-state index contributed by atoms with van der Waals surface area (Å²) in [6, 6.07) is 8.52. The number of carbonyl (C=O) groups excluding carboxylic acids is 1. The van der Waals surface area contributed by atoms with E-state index < -0.39 is 48.0 Å². The molecule has 0 unspecified atom stereocenters. The number of amides is 1. The van der Waals surface area contributed by atoms with Gasteiger partial charge in [0.1, 0.15) is 6.33 Å². The van der Waals surface area contributed by atoms with Crippen LogP contribution in [0.1, 0.15) is 83.6 Å². The second-order valence-corrected chi connectivity index (χ2v) is 11.9. The van der Waals surface area contributed by atoms with E-state index in [-0.39, 0.29) is 46.8 Å². The van der Waals surface area contributed by atoms with Gasteiger partial charge in [-0.15, -0.1) is 10.2 Å². The maximum Gasteiger partial charge on any atom is 0.416 e. The van der Waals surface area contributed by atoms with Gasteiger partial charge in [-0.3, -0.25) is 4.79 Å². The van der Waals surface area contributed by atoms with Crippen LogP contribution in [0.5, 0.6) is 0 Å². The number of halogens is 6. The number of anilines is 1. The summed E-state index contributed by atoms with van der Waals surface area (Å²) in [6.07, 6.45) is -3.98. The van der Waals surface area contributed by atoms with Crippen molar-refractivity contribution >= 4 is 11.6 Å². The van der Waals surface area contributed by atoms with Crippen molar-refractivity contribution in [2.45, 2.75) is 81.3 Å². The van der Waals surface area contributed by atoms with Crippen molar-refractivity contribution in [2.24, 2.45) is 7.05 Å². The predicted octanol–water partition coefficient (Wildman–Crippen LogP) is 6.40. The van der Waals surface area contributed by atoms with E-state index in [1.54, 1.807) is 0 Å². The summed E-state index contributed by atoms with van der Waals surface area (Å²) in [5, 5.41) is 10.7. The molecule has 2 fully saturated rings. The molecule has 2 saturated carbocycles. The first kappa shape index (κ1) is 27.7. The summed E-state index contributed by atoms with van der Waals surface area (Å²) in [5.74, 6) is -3.83. The molecular formula is C29H29F6N5O. The molecule has 1 aliphatic heterocycles. The van der Waals surface area contributed by atoms with Crippen LogP contribution in [-0.2, 0) is 31.7 Å². The van der Waals surface area contributed by atoms with Crippen molar-refractivity contribution < 1.29 is 31.1 Å². The quantitative estimate of drug-likeness (QED) is 0.330. The molecular weight excluding hydrogens is 548 g/mol. The summed E-state index contributed by atoms with van der Waals surface area (Å²) < 4.78 is 88.2. The van der Waals surface area contributed by atoms with Crippen LogP contribution < -0.4 is 10.2 Å². The van der Waals surface area contributed by atoms with Gasteiger partial charge >= 0.3 is 6.18 Å². The van der Waals surface area contributed by atoms with E-state index in [0.29, 0.717) is 5.56 Å². The molecule has 218 valence electrons. The Labute approximate surface area is 232 Å². The number of hydrogen-bond donors (Lipinski definition) is 1. The fourth-order valence-electron chi connectivity index (χ4n) is 6.38. The molecule has 1 aromatic heterocycles. The van der Waals surface area contributed by atoms with Gasteiger partial charge in [0.25, 0.3) is 5.91 Å². The molecule has 12 heteroatoms. The number of nitrogens with zero attached hydrogens (tertiary/aromatic N) is 4. The molecule has 0 bridgehead atoms. The second-order valence-electron chi connectivity index (χ2n) is 11.9. The molecule has 6 rings (SSSR count). The van der Waals surface area contributed by atoms with Gasteiger partial charge in [0.2, 0.25) is 5.92 Å². The topological polar surface area (TPSA) is 63.1 Å². The number of fused-ring (bicyclic) bond motifs is 1. The molecule has 1 amide bonds. The van der Waals surface area contributed by atoms with Crippen LogP contribution in [0.3, 0.4) is 0 Å². The summed E-state index contributed by atoms with van der Waals surface area (Å²) >= 11 is 0. The van der Waals surface area contributed by atoms with E-state index in [1.807, 2.05) is 6.92 Å². The van der Waals surface area contributed by atoms with Crippen LogP contribution in [0, 0.1) is 0 Å². The zero-order valence-corrected chi connectivity index (χ0v) is 22.5. The van der Waals surface area contributed by atoms with Gasteiger partial charge in [0.05, 0.1) is 12.1 Å².